The number of ether oxygens (including phenoxy) is 2. The van der Waals surface area contributed by atoms with E-state index < -0.39 is 23.1 Å². The van der Waals surface area contributed by atoms with Crippen molar-refractivity contribution in [1.82, 2.24) is 24.8 Å². The van der Waals surface area contributed by atoms with Crippen molar-refractivity contribution in [2.24, 2.45) is 0 Å². The van der Waals surface area contributed by atoms with Crippen LogP contribution in [0.3, 0.4) is 0 Å². The molecule has 4 fully saturated rings. The summed E-state index contributed by atoms with van der Waals surface area (Å²) in [6.07, 6.45) is 10.9. The zero-order valence-electron chi connectivity index (χ0n) is 24.6. The number of hydrogen-bond donors (Lipinski definition) is 1. The molecule has 11 heteroatoms. The molecule has 5 aliphatic rings. The number of nitrogens with zero attached hydrogens (tertiary/aromatic N) is 5. The van der Waals surface area contributed by atoms with Gasteiger partial charge in [0.15, 0.2) is 0 Å². The van der Waals surface area contributed by atoms with Crippen molar-refractivity contribution in [3.8, 4) is 29.8 Å². The molecule has 5 atom stereocenters. The number of rotatable bonds is 4. The number of terminal acetylenes is 1. The van der Waals surface area contributed by atoms with E-state index in [1.54, 1.807) is 24.4 Å². The van der Waals surface area contributed by atoms with Gasteiger partial charge in [-0.25, -0.2) is 8.78 Å². The van der Waals surface area contributed by atoms with Crippen molar-refractivity contribution >= 4 is 27.5 Å². The third-order valence-electron chi connectivity index (χ3n) is 10.6. The maximum Gasteiger partial charge on any atom is 0.319 e. The molecule has 0 saturated carbocycles. The zero-order chi connectivity index (χ0) is 30.4. The van der Waals surface area contributed by atoms with Crippen LogP contribution in [0.4, 0.5) is 14.6 Å². The highest BCUT2D eigenvalue weighted by molar-refractivity contribution is 5.98. The smallest absolute Gasteiger partial charge is 0.319 e. The average molecular weight is 611 g/mol. The first-order chi connectivity index (χ1) is 21.9. The van der Waals surface area contributed by atoms with Gasteiger partial charge in [0.25, 0.3) is 5.56 Å². The lowest BCUT2D eigenvalue weighted by Crippen LogP contribution is -2.60. The predicted octanol–water partition coefficient (Wildman–Crippen LogP) is 3.71. The molecule has 9 rings (SSSR count). The summed E-state index contributed by atoms with van der Waals surface area (Å²) in [6, 6.07) is 8.97. The normalized spacial score (nSPS) is 28.5. The molecule has 9 nitrogen and oxygen atoms in total. The number of anilines is 1. The maximum absolute atomic E-state index is 14.9. The van der Waals surface area contributed by atoms with Crippen LogP contribution in [0, 0.1) is 18.2 Å². The molecule has 2 bridgehead atoms. The van der Waals surface area contributed by atoms with Gasteiger partial charge < -0.3 is 19.7 Å². The fourth-order valence-electron chi connectivity index (χ4n) is 8.56. The van der Waals surface area contributed by atoms with E-state index in [4.69, 9.17) is 25.9 Å². The minimum absolute atomic E-state index is 0.00334. The van der Waals surface area contributed by atoms with Crippen molar-refractivity contribution in [2.75, 3.05) is 37.7 Å². The number of benzene rings is 2. The summed E-state index contributed by atoms with van der Waals surface area (Å²) in [4.78, 5) is 28.6. The topological polar surface area (TPSA) is 84.8 Å². The van der Waals surface area contributed by atoms with Crippen molar-refractivity contribution in [3.05, 3.63) is 58.3 Å². The Balaban J connectivity index is 1.24. The van der Waals surface area contributed by atoms with Crippen LogP contribution in [0.15, 0.2) is 41.3 Å². The highest BCUT2D eigenvalue weighted by atomic mass is 19.1. The van der Waals surface area contributed by atoms with Crippen LogP contribution in [0.2, 0.25) is 0 Å². The fraction of sp³-hybridized carbons (Fsp3) is 0.441. The monoisotopic (exact) mass is 610 g/mol. The standard InChI is InChI=1S/C34H32F2N6O3/c1-2-22-23(36)9-7-19-5-3-6-25(28(19)22)42-16-27-29-30(32(42)43)38-33(45-18-34-11-4-12-40(34)14-20(35)13-34)39-31(29)41-15-21-8-10-24(37-21)26(41)17-44-27/h1,3,5-7,9,16,20-21,24,26,37H,4,8,10-15,17-18H2/t20-,21-,24+,26-,34+/m1/s1. The molecule has 0 aliphatic carbocycles. The molecule has 0 unspecified atom stereocenters. The van der Waals surface area contributed by atoms with Gasteiger partial charge in [0, 0.05) is 37.0 Å². The highest BCUT2D eigenvalue weighted by Crippen LogP contribution is 2.43. The van der Waals surface area contributed by atoms with E-state index in [2.05, 4.69) is 21.0 Å². The summed E-state index contributed by atoms with van der Waals surface area (Å²) in [5, 5.41) is 5.40. The van der Waals surface area contributed by atoms with E-state index in [0.717, 1.165) is 32.2 Å². The van der Waals surface area contributed by atoms with E-state index in [1.807, 2.05) is 6.07 Å². The molecule has 7 heterocycles. The third kappa shape index (κ3) is 4.01. The minimum atomic E-state index is -0.890. The third-order valence-corrected chi connectivity index (χ3v) is 10.6. The average Bonchev–Trinajstić information content (AvgIpc) is 3.68. The molecule has 45 heavy (non-hydrogen) atoms. The minimum Gasteiger partial charge on any atom is -0.489 e. The number of halogens is 2. The molecule has 4 saturated heterocycles. The highest BCUT2D eigenvalue weighted by Gasteiger charge is 2.50. The lowest BCUT2D eigenvalue weighted by Gasteiger charge is -2.40. The van der Waals surface area contributed by atoms with E-state index in [0.29, 0.717) is 65.6 Å². The number of hydrogen-bond acceptors (Lipinski definition) is 8. The molecule has 1 N–H and O–H groups in total. The number of fused-ring (bicyclic) bond motifs is 7. The molecule has 4 aromatic rings. The summed E-state index contributed by atoms with van der Waals surface area (Å²) in [5.41, 5.74) is -0.168. The van der Waals surface area contributed by atoms with Gasteiger partial charge in [-0.3, -0.25) is 14.3 Å². The molecule has 0 amide bonds. The van der Waals surface area contributed by atoms with Gasteiger partial charge in [-0.15, -0.1) is 6.42 Å². The molecular formula is C34H32F2N6O3. The molecule has 0 spiro atoms. The summed E-state index contributed by atoms with van der Waals surface area (Å²) in [5.74, 6) is 3.01. The van der Waals surface area contributed by atoms with Crippen LogP contribution in [0.25, 0.3) is 27.4 Å². The number of alkyl halides is 1. The Bertz CT molecular complexity index is 1990. The fourth-order valence-corrected chi connectivity index (χ4v) is 8.56. The Labute approximate surface area is 258 Å². The Morgan fingerprint density at radius 2 is 2.09 bits per heavy atom. The number of aromatic nitrogens is 3. The summed E-state index contributed by atoms with van der Waals surface area (Å²) in [7, 11) is 0. The van der Waals surface area contributed by atoms with Crippen LogP contribution in [-0.2, 0) is 0 Å². The van der Waals surface area contributed by atoms with Crippen LogP contribution in [-0.4, -0.2) is 82.1 Å². The van der Waals surface area contributed by atoms with Crippen molar-refractivity contribution in [1.29, 1.82) is 0 Å². The SMILES string of the molecule is C#Cc1c(F)ccc2cccc(-n3cc4c5c(nc(OC[C@@]67CCCN6C[C@H](F)C7)nc5c3=O)N3C[C@H]5CC[C@H](N5)[C@H]3CO4)c12. The molecular weight excluding hydrogens is 578 g/mol. The van der Waals surface area contributed by atoms with Crippen LogP contribution in [0.1, 0.15) is 37.7 Å². The second kappa shape index (κ2) is 9.86. The first kappa shape index (κ1) is 27.1. The van der Waals surface area contributed by atoms with Crippen LogP contribution >= 0.6 is 0 Å². The van der Waals surface area contributed by atoms with Gasteiger partial charge >= 0.3 is 6.01 Å². The van der Waals surface area contributed by atoms with E-state index >= 15 is 0 Å². The lowest BCUT2D eigenvalue weighted by molar-refractivity contribution is 0.107. The van der Waals surface area contributed by atoms with Gasteiger partial charge in [0.05, 0.1) is 34.4 Å². The Hall–Kier alpha value is -4.27. The number of piperazine rings is 1. The predicted molar refractivity (Wildman–Crippen MR) is 166 cm³/mol. The first-order valence-corrected chi connectivity index (χ1v) is 15.8. The van der Waals surface area contributed by atoms with E-state index in [-0.39, 0.29) is 35.8 Å². The number of nitrogens with one attached hydrogen (secondary N) is 1. The van der Waals surface area contributed by atoms with Gasteiger partial charge in [-0.2, -0.15) is 9.97 Å². The molecule has 2 aromatic heterocycles. The Kier molecular flexibility index (Phi) is 5.93. The van der Waals surface area contributed by atoms with Gasteiger partial charge in [-0.05, 0) is 49.7 Å². The first-order valence-electron chi connectivity index (χ1n) is 15.8. The van der Waals surface area contributed by atoms with Gasteiger partial charge in [-0.1, -0.05) is 24.1 Å². The van der Waals surface area contributed by atoms with Crippen molar-refractivity contribution in [2.45, 2.75) is 61.9 Å². The zero-order valence-corrected chi connectivity index (χ0v) is 24.6. The van der Waals surface area contributed by atoms with Crippen LogP contribution in [0.5, 0.6) is 11.8 Å². The second-order valence-corrected chi connectivity index (χ2v) is 13.1. The Morgan fingerprint density at radius 3 is 2.98 bits per heavy atom. The summed E-state index contributed by atoms with van der Waals surface area (Å²) in [6.45, 7) is 2.60. The van der Waals surface area contributed by atoms with Crippen LogP contribution < -0.4 is 25.2 Å². The van der Waals surface area contributed by atoms with Gasteiger partial charge in [0.1, 0.15) is 42.3 Å². The molecule has 0 radical (unpaired) electrons. The van der Waals surface area contributed by atoms with E-state index in [9.17, 15) is 13.6 Å². The summed E-state index contributed by atoms with van der Waals surface area (Å²) >= 11 is 0. The van der Waals surface area contributed by atoms with Gasteiger partial charge in [0.2, 0.25) is 0 Å². The van der Waals surface area contributed by atoms with Crippen molar-refractivity contribution in [3.63, 3.8) is 0 Å². The lowest BCUT2D eigenvalue weighted by atomic mass is 9.95. The Morgan fingerprint density at radius 1 is 1.18 bits per heavy atom. The second-order valence-electron chi connectivity index (χ2n) is 13.1. The molecule has 5 aliphatic heterocycles. The molecule has 2 aromatic carbocycles. The maximum atomic E-state index is 14.9. The van der Waals surface area contributed by atoms with E-state index in [1.165, 1.54) is 10.6 Å². The quantitative estimate of drug-likeness (QED) is 0.351. The molecule has 230 valence electrons. The summed E-state index contributed by atoms with van der Waals surface area (Å²) < 4.78 is 43.7. The number of pyridine rings is 1. The largest absolute Gasteiger partial charge is 0.489 e. The van der Waals surface area contributed by atoms with Crippen molar-refractivity contribution < 1.29 is 18.3 Å².